The van der Waals surface area contributed by atoms with Crippen LogP contribution in [0.5, 0.6) is 0 Å². The van der Waals surface area contributed by atoms with Gasteiger partial charge in [-0.2, -0.15) is 11.8 Å². The highest BCUT2D eigenvalue weighted by atomic mass is 32.2. The molecule has 0 aliphatic heterocycles. The Morgan fingerprint density at radius 3 is 2.10 bits per heavy atom. The van der Waals surface area contributed by atoms with Crippen LogP contribution in [0.2, 0.25) is 0 Å². The minimum atomic E-state index is -1.11. The molecular weight excluding hydrogens is 404 g/mol. The van der Waals surface area contributed by atoms with E-state index in [1.54, 1.807) is 0 Å². The molecule has 2 rings (SSSR count). The lowest BCUT2D eigenvalue weighted by molar-refractivity contribution is -0.142. The second kappa shape index (κ2) is 12.5. The van der Waals surface area contributed by atoms with Crippen molar-refractivity contribution in [3.8, 4) is 0 Å². The SMILES string of the molecule is CSCC[C@@H](NC(=O)[C@@H](Cc1ccccc1)NC(=O)OCc1ccccc1)C(=O)O. The molecule has 8 heteroatoms. The van der Waals surface area contributed by atoms with Crippen molar-refractivity contribution in [1.29, 1.82) is 0 Å². The summed E-state index contributed by atoms with van der Waals surface area (Å²) < 4.78 is 5.21. The lowest BCUT2D eigenvalue weighted by Gasteiger charge is -2.21. The molecule has 0 fully saturated rings. The lowest BCUT2D eigenvalue weighted by atomic mass is 10.0. The number of carbonyl (C=O) groups is 3. The topological polar surface area (TPSA) is 105 Å². The first kappa shape index (κ1) is 23.3. The van der Waals surface area contributed by atoms with Gasteiger partial charge in [-0.1, -0.05) is 60.7 Å². The van der Waals surface area contributed by atoms with Crippen LogP contribution in [0.1, 0.15) is 17.5 Å². The van der Waals surface area contributed by atoms with Crippen LogP contribution < -0.4 is 10.6 Å². The number of thioether (sulfide) groups is 1. The number of alkyl carbamates (subject to hydrolysis) is 1. The third-order valence-corrected chi connectivity index (χ3v) is 4.97. The van der Waals surface area contributed by atoms with E-state index in [1.165, 1.54) is 11.8 Å². The summed E-state index contributed by atoms with van der Waals surface area (Å²) in [6.45, 7) is 0.0673. The van der Waals surface area contributed by atoms with Crippen molar-refractivity contribution in [3.05, 3.63) is 71.8 Å². The molecule has 2 amide bonds. The third kappa shape index (κ3) is 8.16. The number of hydrogen-bond donors (Lipinski definition) is 3. The molecule has 0 unspecified atom stereocenters. The van der Waals surface area contributed by atoms with Crippen LogP contribution >= 0.6 is 11.8 Å². The minimum Gasteiger partial charge on any atom is -0.480 e. The van der Waals surface area contributed by atoms with Crippen LogP contribution in [0.25, 0.3) is 0 Å². The monoisotopic (exact) mass is 430 g/mol. The molecule has 2 atom stereocenters. The lowest BCUT2D eigenvalue weighted by Crippen LogP contribution is -2.52. The molecule has 2 aromatic carbocycles. The molecule has 2 aromatic rings. The molecule has 30 heavy (non-hydrogen) atoms. The summed E-state index contributed by atoms with van der Waals surface area (Å²) in [5.41, 5.74) is 1.65. The summed E-state index contributed by atoms with van der Waals surface area (Å²) in [6, 6.07) is 16.4. The van der Waals surface area contributed by atoms with Gasteiger partial charge in [0, 0.05) is 6.42 Å². The average Bonchev–Trinajstić information content (AvgIpc) is 2.76. The first-order valence-corrected chi connectivity index (χ1v) is 10.9. The van der Waals surface area contributed by atoms with Crippen molar-refractivity contribution >= 4 is 29.7 Å². The van der Waals surface area contributed by atoms with E-state index >= 15 is 0 Å². The van der Waals surface area contributed by atoms with Crippen LogP contribution in [0, 0.1) is 0 Å². The summed E-state index contributed by atoms with van der Waals surface area (Å²) in [7, 11) is 0. The fraction of sp³-hybridized carbons (Fsp3) is 0.318. The quantitative estimate of drug-likeness (QED) is 0.506. The molecule has 0 radical (unpaired) electrons. The second-order valence-corrected chi connectivity index (χ2v) is 7.61. The Balaban J connectivity index is 2.04. The summed E-state index contributed by atoms with van der Waals surface area (Å²) in [5.74, 6) is -1.08. The Morgan fingerprint density at radius 2 is 1.53 bits per heavy atom. The summed E-state index contributed by atoms with van der Waals surface area (Å²) in [5, 5.41) is 14.5. The van der Waals surface area contributed by atoms with Gasteiger partial charge in [0.2, 0.25) is 5.91 Å². The molecule has 0 aromatic heterocycles. The van der Waals surface area contributed by atoms with Gasteiger partial charge < -0.3 is 20.5 Å². The Bertz CT molecular complexity index is 817. The Hall–Kier alpha value is -3.00. The van der Waals surface area contributed by atoms with Gasteiger partial charge in [-0.25, -0.2) is 9.59 Å². The van der Waals surface area contributed by atoms with E-state index < -0.39 is 30.1 Å². The Kier molecular flexibility index (Phi) is 9.73. The molecule has 0 aliphatic carbocycles. The number of ether oxygens (including phenoxy) is 1. The number of benzene rings is 2. The van der Waals surface area contributed by atoms with Crippen molar-refractivity contribution < 1.29 is 24.2 Å². The Morgan fingerprint density at radius 1 is 0.933 bits per heavy atom. The fourth-order valence-electron chi connectivity index (χ4n) is 2.73. The van der Waals surface area contributed by atoms with Gasteiger partial charge in [0.15, 0.2) is 0 Å². The van der Waals surface area contributed by atoms with Crippen molar-refractivity contribution in [2.75, 3.05) is 12.0 Å². The van der Waals surface area contributed by atoms with E-state index in [9.17, 15) is 19.5 Å². The first-order chi connectivity index (χ1) is 14.5. The zero-order valence-corrected chi connectivity index (χ0v) is 17.6. The van der Waals surface area contributed by atoms with E-state index in [-0.39, 0.29) is 13.0 Å². The van der Waals surface area contributed by atoms with E-state index in [4.69, 9.17) is 4.74 Å². The number of carboxylic acids is 1. The predicted molar refractivity (Wildman–Crippen MR) is 116 cm³/mol. The maximum Gasteiger partial charge on any atom is 0.408 e. The van der Waals surface area contributed by atoms with Crippen molar-refractivity contribution in [1.82, 2.24) is 10.6 Å². The largest absolute Gasteiger partial charge is 0.480 e. The highest BCUT2D eigenvalue weighted by Gasteiger charge is 2.27. The van der Waals surface area contributed by atoms with Gasteiger partial charge in [0.1, 0.15) is 18.7 Å². The standard InChI is InChI=1S/C22H26N2O5S/c1-30-13-12-18(21(26)27)23-20(25)19(14-16-8-4-2-5-9-16)24-22(28)29-15-17-10-6-3-7-11-17/h2-11,18-19H,12-15H2,1H3,(H,23,25)(H,24,28)(H,26,27)/t18-,19-/m1/s1. The van der Waals surface area contributed by atoms with E-state index in [0.717, 1.165) is 11.1 Å². The van der Waals surface area contributed by atoms with Gasteiger partial charge in [0.05, 0.1) is 0 Å². The zero-order valence-electron chi connectivity index (χ0n) is 16.7. The van der Waals surface area contributed by atoms with Crippen LogP contribution in [0.3, 0.4) is 0 Å². The molecule has 0 saturated carbocycles. The second-order valence-electron chi connectivity index (χ2n) is 6.63. The molecule has 160 valence electrons. The minimum absolute atomic E-state index is 0.0673. The maximum absolute atomic E-state index is 12.8. The molecule has 0 saturated heterocycles. The smallest absolute Gasteiger partial charge is 0.408 e. The number of rotatable bonds is 11. The average molecular weight is 431 g/mol. The summed E-state index contributed by atoms with van der Waals surface area (Å²) >= 11 is 1.50. The summed E-state index contributed by atoms with van der Waals surface area (Å²) in [6.07, 6.45) is 1.62. The van der Waals surface area contributed by atoms with Crippen molar-refractivity contribution in [2.24, 2.45) is 0 Å². The fourth-order valence-corrected chi connectivity index (χ4v) is 3.20. The van der Waals surface area contributed by atoms with E-state index in [1.807, 2.05) is 66.9 Å². The van der Waals surface area contributed by atoms with Gasteiger partial charge >= 0.3 is 12.1 Å². The Labute approximate surface area is 180 Å². The predicted octanol–water partition coefficient (Wildman–Crippen LogP) is 2.85. The van der Waals surface area contributed by atoms with Gasteiger partial charge in [0.25, 0.3) is 0 Å². The molecule has 0 aliphatic rings. The van der Waals surface area contributed by atoms with Crippen LogP contribution in [0.4, 0.5) is 4.79 Å². The molecule has 0 bridgehead atoms. The summed E-state index contributed by atoms with van der Waals surface area (Å²) in [4.78, 5) is 36.5. The van der Waals surface area contributed by atoms with Crippen molar-refractivity contribution in [3.63, 3.8) is 0 Å². The zero-order chi connectivity index (χ0) is 21.8. The highest BCUT2D eigenvalue weighted by molar-refractivity contribution is 7.98. The van der Waals surface area contributed by atoms with Gasteiger partial charge in [-0.3, -0.25) is 4.79 Å². The molecule has 0 spiro atoms. The molecule has 7 nitrogen and oxygen atoms in total. The molecular formula is C22H26N2O5S. The maximum atomic E-state index is 12.8. The molecule has 0 heterocycles. The van der Waals surface area contributed by atoms with E-state index in [0.29, 0.717) is 12.2 Å². The number of carbonyl (C=O) groups excluding carboxylic acids is 2. The van der Waals surface area contributed by atoms with Crippen LogP contribution in [0.15, 0.2) is 60.7 Å². The number of hydrogen-bond acceptors (Lipinski definition) is 5. The molecule has 3 N–H and O–H groups in total. The normalized spacial score (nSPS) is 12.4. The number of carboxylic acid groups (broad SMARTS) is 1. The van der Waals surface area contributed by atoms with Crippen LogP contribution in [-0.4, -0.2) is 47.2 Å². The first-order valence-electron chi connectivity index (χ1n) is 9.53. The number of nitrogens with one attached hydrogen (secondary N) is 2. The third-order valence-electron chi connectivity index (χ3n) is 4.33. The van der Waals surface area contributed by atoms with E-state index in [2.05, 4.69) is 10.6 Å². The number of aliphatic carboxylic acids is 1. The number of amides is 2. The van der Waals surface area contributed by atoms with Gasteiger partial charge in [-0.05, 0) is 29.6 Å². The van der Waals surface area contributed by atoms with Crippen LogP contribution in [-0.2, 0) is 27.4 Å². The van der Waals surface area contributed by atoms with Gasteiger partial charge in [-0.15, -0.1) is 0 Å². The van der Waals surface area contributed by atoms with Crippen molar-refractivity contribution in [2.45, 2.75) is 31.5 Å². The highest BCUT2D eigenvalue weighted by Crippen LogP contribution is 2.07.